The summed E-state index contributed by atoms with van der Waals surface area (Å²) in [6.07, 6.45) is 1.23. The molecule has 0 aliphatic carbocycles. The second kappa shape index (κ2) is 7.87. The van der Waals surface area contributed by atoms with Crippen LogP contribution in [0.15, 0.2) is 60.3 Å². The zero-order valence-corrected chi connectivity index (χ0v) is 12.8. The predicted molar refractivity (Wildman–Crippen MR) is 88.7 cm³/mol. The Labute approximate surface area is 138 Å². The molecule has 23 heavy (non-hydrogen) atoms. The molecule has 2 aromatic rings. The molecule has 0 heterocycles. The van der Waals surface area contributed by atoms with Crippen molar-refractivity contribution in [3.8, 4) is 11.8 Å². The third kappa shape index (κ3) is 4.77. The van der Waals surface area contributed by atoms with Crippen LogP contribution in [0.4, 0.5) is 5.69 Å². The lowest BCUT2D eigenvalue weighted by Gasteiger charge is -2.07. The van der Waals surface area contributed by atoms with E-state index in [2.05, 4.69) is 10.6 Å². The number of nitrogens with one attached hydrogen (secondary N) is 2. The Kier molecular flexibility index (Phi) is 5.61. The van der Waals surface area contributed by atoms with Gasteiger partial charge in [0.1, 0.15) is 17.4 Å². The fourth-order valence-corrected chi connectivity index (χ4v) is 1.97. The molecule has 0 radical (unpaired) electrons. The number of hydrogen-bond acceptors (Lipinski definition) is 4. The maximum atomic E-state index is 12.0. The van der Waals surface area contributed by atoms with E-state index in [-0.39, 0.29) is 11.3 Å². The van der Waals surface area contributed by atoms with Gasteiger partial charge < -0.3 is 15.7 Å². The lowest BCUT2D eigenvalue weighted by Crippen LogP contribution is -2.24. The highest BCUT2D eigenvalue weighted by molar-refractivity contribution is 6.30. The van der Waals surface area contributed by atoms with Crippen molar-refractivity contribution in [2.45, 2.75) is 6.54 Å². The molecule has 0 aromatic heterocycles. The van der Waals surface area contributed by atoms with Gasteiger partial charge in [-0.1, -0.05) is 41.9 Å². The van der Waals surface area contributed by atoms with Crippen molar-refractivity contribution >= 4 is 23.2 Å². The molecule has 0 saturated heterocycles. The van der Waals surface area contributed by atoms with Gasteiger partial charge in [-0.3, -0.25) is 4.79 Å². The van der Waals surface area contributed by atoms with E-state index >= 15 is 0 Å². The number of hydrogen-bond donors (Lipinski definition) is 3. The summed E-state index contributed by atoms with van der Waals surface area (Å²) in [5.41, 5.74) is 1.13. The average Bonchev–Trinajstić information content (AvgIpc) is 2.57. The van der Waals surface area contributed by atoms with Crippen LogP contribution in [-0.2, 0) is 11.3 Å². The first kappa shape index (κ1) is 16.4. The first-order valence-electron chi connectivity index (χ1n) is 6.77. The van der Waals surface area contributed by atoms with Gasteiger partial charge in [-0.2, -0.15) is 5.26 Å². The molecule has 6 heteroatoms. The highest BCUT2D eigenvalue weighted by atomic mass is 35.5. The summed E-state index contributed by atoms with van der Waals surface area (Å²) in [4.78, 5) is 12.0. The van der Waals surface area contributed by atoms with Crippen LogP contribution in [0.3, 0.4) is 0 Å². The standard InChI is InChI=1S/C17H14ClN3O2/c18-14-6-7-16(22)15(8-14)20-11-13(9-19)17(23)21-10-12-4-2-1-3-5-12/h1-8,11,20,22H,10H2,(H,21,23)/b13-11-. The Morgan fingerprint density at radius 3 is 2.70 bits per heavy atom. The normalized spacial score (nSPS) is 10.7. The van der Waals surface area contributed by atoms with E-state index in [0.29, 0.717) is 17.3 Å². The van der Waals surface area contributed by atoms with Crippen molar-refractivity contribution in [3.63, 3.8) is 0 Å². The number of amides is 1. The summed E-state index contributed by atoms with van der Waals surface area (Å²) in [5, 5.41) is 24.5. The van der Waals surface area contributed by atoms with Gasteiger partial charge in [0.2, 0.25) is 0 Å². The van der Waals surface area contributed by atoms with Gasteiger partial charge >= 0.3 is 0 Å². The van der Waals surface area contributed by atoms with Crippen LogP contribution in [0, 0.1) is 11.3 Å². The number of carbonyl (C=O) groups excluding carboxylic acids is 1. The fourth-order valence-electron chi connectivity index (χ4n) is 1.80. The molecule has 2 rings (SSSR count). The maximum absolute atomic E-state index is 12.0. The maximum Gasteiger partial charge on any atom is 0.263 e. The minimum absolute atomic E-state index is 0.0346. The first-order chi connectivity index (χ1) is 11.1. The Bertz CT molecular complexity index is 767. The topological polar surface area (TPSA) is 85.2 Å². The number of rotatable bonds is 5. The van der Waals surface area contributed by atoms with Crippen LogP contribution in [0.2, 0.25) is 5.02 Å². The van der Waals surface area contributed by atoms with Crippen molar-refractivity contribution in [1.82, 2.24) is 5.32 Å². The van der Waals surface area contributed by atoms with E-state index in [9.17, 15) is 9.90 Å². The molecule has 5 nitrogen and oxygen atoms in total. The summed E-state index contributed by atoms with van der Waals surface area (Å²) >= 11 is 5.83. The van der Waals surface area contributed by atoms with Crippen LogP contribution in [0.1, 0.15) is 5.56 Å². The number of phenols is 1. The monoisotopic (exact) mass is 327 g/mol. The molecule has 0 fully saturated rings. The van der Waals surface area contributed by atoms with E-state index in [4.69, 9.17) is 16.9 Å². The smallest absolute Gasteiger partial charge is 0.263 e. The molecule has 2 aromatic carbocycles. The predicted octanol–water partition coefficient (Wildman–Crippen LogP) is 3.18. The van der Waals surface area contributed by atoms with Crippen molar-refractivity contribution in [2.75, 3.05) is 5.32 Å². The summed E-state index contributed by atoms with van der Waals surface area (Å²) in [6.45, 7) is 0.321. The number of halogens is 1. The Morgan fingerprint density at radius 1 is 1.26 bits per heavy atom. The SMILES string of the molecule is N#C/C(=C/Nc1cc(Cl)ccc1O)C(=O)NCc1ccccc1. The summed E-state index contributed by atoms with van der Waals surface area (Å²) in [6, 6.07) is 15.6. The van der Waals surface area contributed by atoms with E-state index in [1.165, 1.54) is 24.4 Å². The third-order valence-electron chi connectivity index (χ3n) is 2.99. The van der Waals surface area contributed by atoms with Gasteiger partial charge in [-0.15, -0.1) is 0 Å². The number of carbonyl (C=O) groups is 1. The molecule has 0 atom stereocenters. The van der Waals surface area contributed by atoms with Crippen molar-refractivity contribution in [3.05, 3.63) is 70.9 Å². The molecular formula is C17H14ClN3O2. The van der Waals surface area contributed by atoms with Crippen molar-refractivity contribution in [2.24, 2.45) is 0 Å². The number of anilines is 1. The molecule has 0 aliphatic heterocycles. The number of aromatic hydroxyl groups is 1. The zero-order valence-electron chi connectivity index (χ0n) is 12.1. The largest absolute Gasteiger partial charge is 0.506 e. The van der Waals surface area contributed by atoms with Crippen LogP contribution in [0.25, 0.3) is 0 Å². The molecular weight excluding hydrogens is 314 g/mol. The van der Waals surface area contributed by atoms with Gasteiger partial charge in [0.05, 0.1) is 5.69 Å². The van der Waals surface area contributed by atoms with Gasteiger partial charge in [0, 0.05) is 17.8 Å². The summed E-state index contributed by atoms with van der Waals surface area (Å²) in [5.74, 6) is -0.544. The summed E-state index contributed by atoms with van der Waals surface area (Å²) < 4.78 is 0. The number of phenolic OH excluding ortho intramolecular Hbond substituents is 1. The Morgan fingerprint density at radius 2 is 2.00 bits per heavy atom. The van der Waals surface area contributed by atoms with Crippen LogP contribution in [0.5, 0.6) is 5.75 Å². The lowest BCUT2D eigenvalue weighted by atomic mass is 10.2. The average molecular weight is 328 g/mol. The number of nitriles is 1. The molecule has 0 bridgehead atoms. The van der Waals surface area contributed by atoms with E-state index < -0.39 is 5.91 Å². The molecule has 116 valence electrons. The molecule has 3 N–H and O–H groups in total. The lowest BCUT2D eigenvalue weighted by molar-refractivity contribution is -0.117. The minimum Gasteiger partial charge on any atom is -0.506 e. The Hall–Kier alpha value is -2.97. The third-order valence-corrected chi connectivity index (χ3v) is 3.23. The van der Waals surface area contributed by atoms with Gasteiger partial charge in [-0.25, -0.2) is 0 Å². The molecule has 0 saturated carbocycles. The number of benzene rings is 2. The van der Waals surface area contributed by atoms with Crippen LogP contribution >= 0.6 is 11.6 Å². The number of nitrogens with zero attached hydrogens (tertiary/aromatic N) is 1. The van der Waals surface area contributed by atoms with E-state index in [1.807, 2.05) is 36.4 Å². The van der Waals surface area contributed by atoms with E-state index in [1.54, 1.807) is 0 Å². The Balaban J connectivity index is 2.02. The van der Waals surface area contributed by atoms with Gasteiger partial charge in [0.25, 0.3) is 5.91 Å². The highest BCUT2D eigenvalue weighted by Crippen LogP contribution is 2.26. The minimum atomic E-state index is -0.509. The molecule has 0 unspecified atom stereocenters. The zero-order chi connectivity index (χ0) is 16.7. The van der Waals surface area contributed by atoms with Gasteiger partial charge in [-0.05, 0) is 23.8 Å². The van der Waals surface area contributed by atoms with Crippen molar-refractivity contribution in [1.29, 1.82) is 5.26 Å². The summed E-state index contributed by atoms with van der Waals surface area (Å²) in [7, 11) is 0. The second-order valence-corrected chi connectivity index (χ2v) is 5.08. The second-order valence-electron chi connectivity index (χ2n) is 4.64. The first-order valence-corrected chi connectivity index (χ1v) is 7.15. The molecule has 0 spiro atoms. The van der Waals surface area contributed by atoms with Gasteiger partial charge in [0.15, 0.2) is 0 Å². The fraction of sp³-hybridized carbons (Fsp3) is 0.0588. The highest BCUT2D eigenvalue weighted by Gasteiger charge is 2.09. The van der Waals surface area contributed by atoms with E-state index in [0.717, 1.165) is 5.56 Å². The van der Waals surface area contributed by atoms with Crippen molar-refractivity contribution < 1.29 is 9.90 Å². The van der Waals surface area contributed by atoms with Crippen LogP contribution in [-0.4, -0.2) is 11.0 Å². The molecule has 0 aliphatic rings. The van der Waals surface area contributed by atoms with Crippen LogP contribution < -0.4 is 10.6 Å². The molecule has 1 amide bonds. The quantitative estimate of drug-likeness (QED) is 0.447.